The quantitative estimate of drug-likeness (QED) is 0.876. The number of halogens is 1. The first-order chi connectivity index (χ1) is 8.11. The van der Waals surface area contributed by atoms with Gasteiger partial charge in [0.1, 0.15) is 5.75 Å². The molecule has 92 valence electrons. The van der Waals surface area contributed by atoms with Crippen molar-refractivity contribution in [3.8, 4) is 5.75 Å². The molecule has 3 nitrogen and oxygen atoms in total. The van der Waals surface area contributed by atoms with Crippen LogP contribution in [0.1, 0.15) is 19.5 Å². The Hall–Kier alpha value is -1.19. The number of hydrogen-bond donors (Lipinski definition) is 2. The van der Waals surface area contributed by atoms with Crippen molar-refractivity contribution in [1.82, 2.24) is 10.3 Å². The van der Waals surface area contributed by atoms with Crippen LogP contribution >= 0.6 is 11.6 Å². The number of nitrogens with one attached hydrogen (secondary N) is 2. The van der Waals surface area contributed by atoms with Crippen LogP contribution < -0.4 is 10.1 Å². The molecule has 0 saturated carbocycles. The van der Waals surface area contributed by atoms with Gasteiger partial charge in [-0.15, -0.1) is 0 Å². The third kappa shape index (κ3) is 2.56. The molecule has 17 heavy (non-hydrogen) atoms. The second kappa shape index (κ2) is 4.98. The number of methoxy groups -OCH3 is 1. The van der Waals surface area contributed by atoms with E-state index in [-0.39, 0.29) is 0 Å². The number of aromatic amines is 1. The van der Waals surface area contributed by atoms with Crippen molar-refractivity contribution >= 4 is 22.5 Å². The van der Waals surface area contributed by atoms with Crippen LogP contribution in [0.5, 0.6) is 5.75 Å². The smallest absolute Gasteiger partial charge is 0.143 e. The Morgan fingerprint density at radius 1 is 1.41 bits per heavy atom. The number of ether oxygens (including phenoxy) is 1. The van der Waals surface area contributed by atoms with Gasteiger partial charge in [-0.2, -0.15) is 0 Å². The van der Waals surface area contributed by atoms with Gasteiger partial charge in [-0.3, -0.25) is 0 Å². The molecule has 2 aromatic rings. The molecule has 0 fully saturated rings. The fourth-order valence-electron chi connectivity index (χ4n) is 1.79. The molecule has 0 spiro atoms. The van der Waals surface area contributed by atoms with E-state index in [2.05, 4.69) is 30.2 Å². The lowest BCUT2D eigenvalue weighted by Gasteiger charge is -2.05. The summed E-state index contributed by atoms with van der Waals surface area (Å²) in [5, 5.41) is 5.11. The highest BCUT2D eigenvalue weighted by Crippen LogP contribution is 2.31. The molecule has 1 heterocycles. The summed E-state index contributed by atoms with van der Waals surface area (Å²) in [5.41, 5.74) is 2.07. The van der Waals surface area contributed by atoms with E-state index in [9.17, 15) is 0 Å². The van der Waals surface area contributed by atoms with E-state index in [1.807, 2.05) is 12.1 Å². The van der Waals surface area contributed by atoms with Gasteiger partial charge in [0.25, 0.3) is 0 Å². The Morgan fingerprint density at radius 2 is 2.18 bits per heavy atom. The van der Waals surface area contributed by atoms with Crippen LogP contribution in [0.3, 0.4) is 0 Å². The van der Waals surface area contributed by atoms with E-state index in [4.69, 9.17) is 16.3 Å². The van der Waals surface area contributed by atoms with Gasteiger partial charge in [0.05, 0.1) is 17.6 Å². The minimum atomic E-state index is 0.457. The molecule has 0 amide bonds. The monoisotopic (exact) mass is 252 g/mol. The average Bonchev–Trinajstić information content (AvgIpc) is 2.72. The maximum Gasteiger partial charge on any atom is 0.143 e. The van der Waals surface area contributed by atoms with Crippen molar-refractivity contribution < 1.29 is 4.74 Å². The molecule has 0 aliphatic rings. The maximum atomic E-state index is 6.17. The van der Waals surface area contributed by atoms with E-state index in [0.717, 1.165) is 33.9 Å². The summed E-state index contributed by atoms with van der Waals surface area (Å²) in [7, 11) is 1.66. The first-order valence-electron chi connectivity index (χ1n) is 5.69. The fraction of sp³-hybridized carbons (Fsp3) is 0.385. The van der Waals surface area contributed by atoms with Crippen LogP contribution in [0, 0.1) is 0 Å². The van der Waals surface area contributed by atoms with Crippen LogP contribution in [-0.2, 0) is 6.54 Å². The summed E-state index contributed by atoms with van der Waals surface area (Å²) < 4.78 is 5.31. The van der Waals surface area contributed by atoms with Crippen LogP contribution in [0.25, 0.3) is 10.9 Å². The number of aromatic nitrogens is 1. The lowest BCUT2D eigenvalue weighted by atomic mass is 10.2. The molecule has 0 aliphatic heterocycles. The Labute approximate surface area is 106 Å². The van der Waals surface area contributed by atoms with E-state index >= 15 is 0 Å². The molecule has 0 aliphatic carbocycles. The number of benzene rings is 1. The minimum Gasteiger partial charge on any atom is -0.495 e. The molecular formula is C13H17ClN2O. The van der Waals surface area contributed by atoms with Crippen LogP contribution in [-0.4, -0.2) is 18.1 Å². The highest BCUT2D eigenvalue weighted by molar-refractivity contribution is 6.35. The molecule has 0 bridgehead atoms. The SMILES string of the molecule is COc1ccc(Cl)c2cc(CNC(C)C)[nH]c12. The highest BCUT2D eigenvalue weighted by atomic mass is 35.5. The zero-order chi connectivity index (χ0) is 12.4. The Bertz CT molecular complexity index is 519. The predicted octanol–water partition coefficient (Wildman–Crippen LogP) is 3.33. The summed E-state index contributed by atoms with van der Waals surface area (Å²) in [6.07, 6.45) is 0. The third-order valence-corrected chi connectivity index (χ3v) is 3.01. The second-order valence-electron chi connectivity index (χ2n) is 4.37. The normalized spacial score (nSPS) is 11.4. The van der Waals surface area contributed by atoms with Gasteiger partial charge in [-0.25, -0.2) is 0 Å². The summed E-state index contributed by atoms with van der Waals surface area (Å²) in [6.45, 7) is 5.04. The van der Waals surface area contributed by atoms with Crippen molar-refractivity contribution in [3.05, 3.63) is 28.9 Å². The predicted molar refractivity (Wildman–Crippen MR) is 71.8 cm³/mol. The van der Waals surface area contributed by atoms with Crippen LogP contribution in [0.4, 0.5) is 0 Å². The van der Waals surface area contributed by atoms with Gasteiger partial charge in [0, 0.05) is 23.7 Å². The zero-order valence-corrected chi connectivity index (χ0v) is 11.1. The molecule has 0 radical (unpaired) electrons. The molecule has 0 unspecified atom stereocenters. The number of H-pyrrole nitrogens is 1. The Balaban J connectivity index is 2.38. The Morgan fingerprint density at radius 3 is 2.82 bits per heavy atom. The van der Waals surface area contributed by atoms with Crippen molar-refractivity contribution in [2.24, 2.45) is 0 Å². The number of hydrogen-bond acceptors (Lipinski definition) is 2. The number of fused-ring (bicyclic) bond motifs is 1. The molecule has 1 aromatic carbocycles. The van der Waals surface area contributed by atoms with E-state index in [1.54, 1.807) is 7.11 Å². The van der Waals surface area contributed by atoms with Gasteiger partial charge < -0.3 is 15.0 Å². The molecular weight excluding hydrogens is 236 g/mol. The maximum absolute atomic E-state index is 6.17. The molecule has 1 aromatic heterocycles. The van der Waals surface area contributed by atoms with E-state index < -0.39 is 0 Å². The summed E-state index contributed by atoms with van der Waals surface area (Å²) in [5.74, 6) is 0.820. The largest absolute Gasteiger partial charge is 0.495 e. The molecule has 4 heteroatoms. The van der Waals surface area contributed by atoms with Crippen LogP contribution in [0.15, 0.2) is 18.2 Å². The van der Waals surface area contributed by atoms with Crippen LogP contribution in [0.2, 0.25) is 5.02 Å². The minimum absolute atomic E-state index is 0.457. The van der Waals surface area contributed by atoms with Gasteiger partial charge in [0.15, 0.2) is 0 Å². The first-order valence-corrected chi connectivity index (χ1v) is 6.07. The molecule has 2 N–H and O–H groups in total. The summed E-state index contributed by atoms with van der Waals surface area (Å²) in [4.78, 5) is 3.34. The molecule has 2 rings (SSSR count). The third-order valence-electron chi connectivity index (χ3n) is 2.68. The zero-order valence-electron chi connectivity index (χ0n) is 10.3. The lowest BCUT2D eigenvalue weighted by molar-refractivity contribution is 0.419. The van der Waals surface area contributed by atoms with Gasteiger partial charge >= 0.3 is 0 Å². The first kappa shape index (κ1) is 12.3. The lowest BCUT2D eigenvalue weighted by Crippen LogP contribution is -2.21. The molecule has 0 saturated heterocycles. The second-order valence-corrected chi connectivity index (χ2v) is 4.78. The van der Waals surface area contributed by atoms with E-state index in [1.165, 1.54) is 0 Å². The topological polar surface area (TPSA) is 37.0 Å². The van der Waals surface area contributed by atoms with E-state index in [0.29, 0.717) is 6.04 Å². The average molecular weight is 253 g/mol. The Kier molecular flexibility index (Phi) is 3.60. The summed E-state index contributed by atoms with van der Waals surface area (Å²) in [6, 6.07) is 6.26. The van der Waals surface area contributed by atoms with Gasteiger partial charge in [0.2, 0.25) is 0 Å². The summed E-state index contributed by atoms with van der Waals surface area (Å²) >= 11 is 6.17. The highest BCUT2D eigenvalue weighted by Gasteiger charge is 2.09. The fourth-order valence-corrected chi connectivity index (χ4v) is 2.01. The van der Waals surface area contributed by atoms with Gasteiger partial charge in [-0.05, 0) is 18.2 Å². The molecule has 0 atom stereocenters. The van der Waals surface area contributed by atoms with Gasteiger partial charge in [-0.1, -0.05) is 25.4 Å². The standard InChI is InChI=1S/C13H17ClN2O/c1-8(2)15-7-9-6-10-11(14)4-5-12(17-3)13(10)16-9/h4-6,8,15-16H,7H2,1-3H3. The van der Waals surface area contributed by atoms with Crippen molar-refractivity contribution in [3.63, 3.8) is 0 Å². The van der Waals surface area contributed by atoms with Crippen molar-refractivity contribution in [1.29, 1.82) is 0 Å². The number of rotatable bonds is 4. The van der Waals surface area contributed by atoms with Crippen molar-refractivity contribution in [2.75, 3.05) is 7.11 Å². The van der Waals surface area contributed by atoms with Crippen molar-refractivity contribution in [2.45, 2.75) is 26.4 Å².